The van der Waals surface area contributed by atoms with Gasteiger partial charge in [0.2, 0.25) is 17.8 Å². The molecule has 1 saturated heterocycles. The third-order valence-corrected chi connectivity index (χ3v) is 7.73. The van der Waals surface area contributed by atoms with E-state index in [1.54, 1.807) is 24.2 Å². The van der Waals surface area contributed by atoms with Gasteiger partial charge in [0.25, 0.3) is 0 Å². The van der Waals surface area contributed by atoms with Crippen molar-refractivity contribution in [1.82, 2.24) is 34.6 Å². The molecule has 7 rings (SSSR count). The first kappa shape index (κ1) is 25.9. The number of anilines is 3. The van der Waals surface area contributed by atoms with Gasteiger partial charge >= 0.3 is 6.03 Å². The molecule has 3 fully saturated rings. The number of imide groups is 1. The summed E-state index contributed by atoms with van der Waals surface area (Å²) < 4.78 is 16.7. The van der Waals surface area contributed by atoms with Crippen molar-refractivity contribution in [2.45, 2.75) is 44.6 Å². The standard InChI is InChI=1S/C28H27FN10O3/c1-14-5-6-30-23(32-14)18-8-19(18)26(41)36-27-31-9-20(29)24(35-27)37(2)11-17-12-38-10-16(15-3-4-15)7-21(25(38)33-17)39-13-22(40)34-28(39)42/h5-7,9-10,12,15,18-19H,3-4,8,11,13H2,1-2H3,(H,34,40,42)(H,31,35,36,41). The van der Waals surface area contributed by atoms with E-state index in [2.05, 4.69) is 30.6 Å². The Kier molecular flexibility index (Phi) is 6.06. The maximum Gasteiger partial charge on any atom is 0.329 e. The Labute approximate surface area is 239 Å². The Morgan fingerprint density at radius 1 is 1.19 bits per heavy atom. The Bertz CT molecular complexity index is 1770. The Morgan fingerprint density at radius 2 is 2.02 bits per heavy atom. The van der Waals surface area contributed by atoms with Crippen LogP contribution in [0.1, 0.15) is 53.9 Å². The van der Waals surface area contributed by atoms with E-state index in [9.17, 15) is 18.8 Å². The molecule has 2 aliphatic carbocycles. The van der Waals surface area contributed by atoms with Crippen LogP contribution in [0.4, 0.5) is 26.6 Å². The second kappa shape index (κ2) is 9.82. The molecule has 2 unspecified atom stereocenters. The third-order valence-electron chi connectivity index (χ3n) is 7.73. The van der Waals surface area contributed by atoms with Gasteiger partial charge in [0.15, 0.2) is 17.3 Å². The lowest BCUT2D eigenvalue weighted by Crippen LogP contribution is -2.28. The number of fused-ring (bicyclic) bond motifs is 1. The molecule has 4 aromatic rings. The van der Waals surface area contributed by atoms with Crippen molar-refractivity contribution in [2.24, 2.45) is 5.92 Å². The topological polar surface area (TPSA) is 151 Å². The SMILES string of the molecule is Cc1ccnc(C2CC2C(=O)Nc2ncc(F)c(N(C)Cc3cn4cc(C5CC5)cc(N5CC(=O)NC5=O)c4n3)n2)n1. The van der Waals surface area contributed by atoms with Crippen molar-refractivity contribution in [1.29, 1.82) is 0 Å². The third kappa shape index (κ3) is 4.88. The lowest BCUT2D eigenvalue weighted by atomic mass is 10.1. The lowest BCUT2D eigenvalue weighted by molar-refractivity contribution is -0.118. The number of nitrogens with one attached hydrogen (secondary N) is 2. The minimum Gasteiger partial charge on any atom is -0.351 e. The minimum atomic E-state index is -0.652. The summed E-state index contributed by atoms with van der Waals surface area (Å²) in [6.07, 6.45) is 9.24. The van der Waals surface area contributed by atoms with Gasteiger partial charge in [-0.3, -0.25) is 25.1 Å². The number of aromatic nitrogens is 6. The van der Waals surface area contributed by atoms with Crippen LogP contribution in [-0.2, 0) is 16.1 Å². The van der Waals surface area contributed by atoms with Crippen LogP contribution in [-0.4, -0.2) is 60.8 Å². The molecular weight excluding hydrogens is 543 g/mol. The number of rotatable bonds is 8. The smallest absolute Gasteiger partial charge is 0.329 e. The molecule has 5 heterocycles. The summed E-state index contributed by atoms with van der Waals surface area (Å²) >= 11 is 0. The minimum absolute atomic E-state index is 0.00450. The summed E-state index contributed by atoms with van der Waals surface area (Å²) in [6, 6.07) is 3.23. The maximum atomic E-state index is 14.8. The van der Waals surface area contributed by atoms with Crippen molar-refractivity contribution < 1.29 is 18.8 Å². The first-order chi connectivity index (χ1) is 20.2. The van der Waals surface area contributed by atoms with Crippen LogP contribution in [0.25, 0.3) is 5.65 Å². The van der Waals surface area contributed by atoms with E-state index >= 15 is 0 Å². The van der Waals surface area contributed by atoms with Gasteiger partial charge in [-0.2, -0.15) is 4.98 Å². The van der Waals surface area contributed by atoms with Crippen molar-refractivity contribution in [3.63, 3.8) is 0 Å². The molecule has 0 radical (unpaired) electrons. The summed E-state index contributed by atoms with van der Waals surface area (Å²) in [5.74, 6) is -0.640. The number of imidazole rings is 1. The zero-order valence-corrected chi connectivity index (χ0v) is 22.9. The zero-order chi connectivity index (χ0) is 29.1. The van der Waals surface area contributed by atoms with Crippen molar-refractivity contribution in [3.05, 3.63) is 65.5 Å². The van der Waals surface area contributed by atoms with E-state index in [4.69, 9.17) is 4.98 Å². The van der Waals surface area contributed by atoms with Crippen molar-refractivity contribution in [3.8, 4) is 0 Å². The summed E-state index contributed by atoms with van der Waals surface area (Å²) in [4.78, 5) is 61.8. The molecule has 14 heteroatoms. The first-order valence-electron chi connectivity index (χ1n) is 13.7. The number of carbonyl (C=O) groups excluding carboxylic acids is 3. The maximum absolute atomic E-state index is 14.8. The van der Waals surface area contributed by atoms with E-state index in [0.717, 1.165) is 30.3 Å². The van der Waals surface area contributed by atoms with Gasteiger partial charge < -0.3 is 9.30 Å². The molecule has 3 aliphatic rings. The van der Waals surface area contributed by atoms with Crippen LogP contribution in [0.3, 0.4) is 0 Å². The summed E-state index contributed by atoms with van der Waals surface area (Å²) in [6.45, 7) is 1.98. The van der Waals surface area contributed by atoms with Crippen LogP contribution < -0.4 is 20.4 Å². The molecule has 1 aliphatic heterocycles. The van der Waals surface area contributed by atoms with Gasteiger partial charge in [-0.25, -0.2) is 29.1 Å². The van der Waals surface area contributed by atoms with Crippen LogP contribution >= 0.6 is 0 Å². The highest BCUT2D eigenvalue weighted by molar-refractivity contribution is 6.13. The fraction of sp³-hybridized carbons (Fsp3) is 0.357. The number of amides is 4. The molecule has 13 nitrogen and oxygen atoms in total. The first-order valence-corrected chi connectivity index (χ1v) is 13.7. The quantitative estimate of drug-likeness (QED) is 0.305. The average Bonchev–Trinajstić information content (AvgIpc) is 3.88. The monoisotopic (exact) mass is 570 g/mol. The molecule has 4 amide bonds. The second-order valence-electron chi connectivity index (χ2n) is 11.1. The highest BCUT2D eigenvalue weighted by Crippen LogP contribution is 2.46. The van der Waals surface area contributed by atoms with Gasteiger partial charge in [0, 0.05) is 43.2 Å². The molecule has 42 heavy (non-hydrogen) atoms. The largest absolute Gasteiger partial charge is 0.351 e. The Morgan fingerprint density at radius 3 is 2.76 bits per heavy atom. The van der Waals surface area contributed by atoms with Crippen LogP contribution in [0, 0.1) is 18.7 Å². The number of halogens is 1. The second-order valence-corrected chi connectivity index (χ2v) is 11.1. The molecule has 0 aromatic carbocycles. The van der Waals surface area contributed by atoms with Crippen molar-refractivity contribution in [2.75, 3.05) is 28.7 Å². The highest BCUT2D eigenvalue weighted by atomic mass is 19.1. The molecule has 4 aromatic heterocycles. The van der Waals surface area contributed by atoms with Gasteiger partial charge in [-0.15, -0.1) is 0 Å². The number of hydrogen-bond donors (Lipinski definition) is 2. The highest BCUT2D eigenvalue weighted by Gasteiger charge is 2.46. The van der Waals surface area contributed by atoms with E-state index in [0.29, 0.717) is 35.2 Å². The number of urea groups is 1. The average molecular weight is 571 g/mol. The van der Waals surface area contributed by atoms with Crippen LogP contribution in [0.5, 0.6) is 0 Å². The number of hydrogen-bond acceptors (Lipinski definition) is 9. The van der Waals surface area contributed by atoms with Gasteiger partial charge in [0.05, 0.1) is 24.1 Å². The van der Waals surface area contributed by atoms with Crippen LogP contribution in [0.15, 0.2) is 36.9 Å². The number of carbonyl (C=O) groups is 3. The van der Waals surface area contributed by atoms with Gasteiger partial charge in [-0.1, -0.05) is 0 Å². The molecule has 0 bridgehead atoms. The Hall–Kier alpha value is -5.01. The zero-order valence-electron chi connectivity index (χ0n) is 22.9. The van der Waals surface area contributed by atoms with Crippen molar-refractivity contribution >= 4 is 40.9 Å². The fourth-order valence-electron chi connectivity index (χ4n) is 5.33. The molecule has 0 spiro atoms. The summed E-state index contributed by atoms with van der Waals surface area (Å²) in [5.41, 5.74) is 3.56. The van der Waals surface area contributed by atoms with E-state index < -0.39 is 11.8 Å². The van der Waals surface area contributed by atoms with Crippen LogP contribution in [0.2, 0.25) is 0 Å². The van der Waals surface area contributed by atoms with Gasteiger partial charge in [-0.05, 0) is 49.8 Å². The number of nitrogens with zero attached hydrogens (tertiary/aromatic N) is 8. The van der Waals surface area contributed by atoms with Gasteiger partial charge in [0.1, 0.15) is 12.4 Å². The Balaban J connectivity index is 1.10. The molecule has 2 N–H and O–H groups in total. The summed E-state index contributed by atoms with van der Waals surface area (Å²) in [5, 5.41) is 5.01. The number of aryl methyl sites for hydroxylation is 1. The van der Waals surface area contributed by atoms with E-state index in [-0.39, 0.29) is 48.5 Å². The fourth-order valence-corrected chi connectivity index (χ4v) is 5.33. The molecule has 2 atom stereocenters. The summed E-state index contributed by atoms with van der Waals surface area (Å²) in [7, 11) is 1.66. The molecule has 214 valence electrons. The van der Waals surface area contributed by atoms with E-state index in [1.807, 2.05) is 29.8 Å². The predicted molar refractivity (Wildman–Crippen MR) is 148 cm³/mol. The molecular formula is C28H27FN10O3. The normalized spacial score (nSPS) is 19.7. The number of pyridine rings is 1. The lowest BCUT2D eigenvalue weighted by Gasteiger charge is -2.18. The van der Waals surface area contributed by atoms with E-state index in [1.165, 1.54) is 4.90 Å². The predicted octanol–water partition coefficient (Wildman–Crippen LogP) is 2.67. The molecule has 2 saturated carbocycles.